The number of benzene rings is 2. The first-order valence-corrected chi connectivity index (χ1v) is 21.2. The van der Waals surface area contributed by atoms with Crippen LogP contribution in [0.5, 0.6) is 5.75 Å². The van der Waals surface area contributed by atoms with Crippen molar-refractivity contribution in [2.75, 3.05) is 33.8 Å². The summed E-state index contributed by atoms with van der Waals surface area (Å²) in [7, 11) is 3.10. The second-order valence-corrected chi connectivity index (χ2v) is 16.0. The topological polar surface area (TPSA) is 213 Å². The van der Waals surface area contributed by atoms with Crippen LogP contribution in [0.4, 0.5) is 0 Å². The van der Waals surface area contributed by atoms with E-state index in [1.165, 1.54) is 9.80 Å². The standard InChI is InChI=1S/C44H60N6O10/c1-4-5-20-32(40(54)42(56)45-27-35(52)48-37(43(57)49(2)3)29-15-8-6-9-16-29)46-41(55)39-33-22-23-50(39)44(58)38(30-17-10-7-11-18-30)47-34(51)26-28-14-12-19-31(25-28)59-24-13-21-36(53)60-33/h6,8-9,12,14-16,19,25,30,32-33,36-39,53H,4-5,7,10-11,13,17-18,20-24,26-27H2,1-3H3,(H,45,56)(H,46,55)(H,47,51)(H,48,52)/t32?,33-,36?,37-,38-,39-/m0/s1. The van der Waals surface area contributed by atoms with Crippen LogP contribution in [0.25, 0.3) is 0 Å². The minimum Gasteiger partial charge on any atom is -0.494 e. The molecule has 5 N–H and O–H groups in total. The molecular formula is C44H60N6O10. The zero-order chi connectivity index (χ0) is 43.2. The lowest BCUT2D eigenvalue weighted by molar-refractivity contribution is -0.162. The second-order valence-electron chi connectivity index (χ2n) is 16.0. The Bertz CT molecular complexity index is 1820. The molecule has 4 bridgehead atoms. The van der Waals surface area contributed by atoms with Crippen LogP contribution in [0, 0.1) is 5.92 Å². The first-order valence-electron chi connectivity index (χ1n) is 21.2. The Labute approximate surface area is 351 Å². The third-order valence-corrected chi connectivity index (χ3v) is 11.3. The molecule has 2 aromatic carbocycles. The number of rotatable bonds is 13. The van der Waals surface area contributed by atoms with E-state index in [1.54, 1.807) is 62.6 Å². The first kappa shape index (κ1) is 45.7. The third-order valence-electron chi connectivity index (χ3n) is 11.3. The fraction of sp³-hybridized carbons (Fsp3) is 0.568. The zero-order valence-corrected chi connectivity index (χ0v) is 34.9. The molecule has 2 unspecified atom stereocenters. The molecule has 6 amide bonds. The molecular weight excluding hydrogens is 773 g/mol. The first-order chi connectivity index (χ1) is 28.9. The minimum absolute atomic E-state index is 0.00875. The number of amides is 6. The molecule has 0 spiro atoms. The number of fused-ring (bicyclic) bond motifs is 4. The fourth-order valence-electron chi connectivity index (χ4n) is 8.11. The predicted octanol–water partition coefficient (Wildman–Crippen LogP) is 2.08. The van der Waals surface area contributed by atoms with Crippen molar-refractivity contribution in [2.45, 2.75) is 121 Å². The molecule has 1 saturated carbocycles. The van der Waals surface area contributed by atoms with Crippen molar-refractivity contribution in [3.8, 4) is 5.75 Å². The van der Waals surface area contributed by atoms with Crippen LogP contribution in [-0.4, -0.2) is 120 Å². The van der Waals surface area contributed by atoms with Crippen molar-refractivity contribution in [3.63, 3.8) is 0 Å². The molecule has 2 aliphatic heterocycles. The quantitative estimate of drug-likeness (QED) is 0.186. The van der Waals surface area contributed by atoms with Crippen molar-refractivity contribution < 1.29 is 48.1 Å². The van der Waals surface area contributed by atoms with Gasteiger partial charge in [0.25, 0.3) is 5.91 Å². The number of Topliss-reactive ketones (excluding diaryl/α,β-unsaturated/α-hetero) is 1. The number of carbonyl (C=O) groups excluding carboxylic acids is 7. The van der Waals surface area contributed by atoms with Gasteiger partial charge in [0.1, 0.15) is 23.9 Å². The Morgan fingerprint density at radius 3 is 2.40 bits per heavy atom. The van der Waals surface area contributed by atoms with Gasteiger partial charge in [0.05, 0.1) is 31.7 Å². The number of carbonyl (C=O) groups is 7. The number of ether oxygens (including phenoxy) is 2. The highest BCUT2D eigenvalue weighted by molar-refractivity contribution is 6.38. The van der Waals surface area contributed by atoms with Gasteiger partial charge in [-0.05, 0) is 61.3 Å². The smallest absolute Gasteiger partial charge is 0.290 e. The summed E-state index contributed by atoms with van der Waals surface area (Å²) < 4.78 is 11.9. The molecule has 1 aliphatic carbocycles. The lowest BCUT2D eigenvalue weighted by Gasteiger charge is -2.36. The number of aliphatic hydroxyl groups excluding tert-OH is 1. The monoisotopic (exact) mass is 832 g/mol. The van der Waals surface area contributed by atoms with E-state index >= 15 is 0 Å². The number of hydrogen-bond donors (Lipinski definition) is 5. The van der Waals surface area contributed by atoms with Crippen molar-refractivity contribution in [2.24, 2.45) is 5.92 Å². The number of unbranched alkanes of at least 4 members (excludes halogenated alkanes) is 1. The zero-order valence-electron chi connectivity index (χ0n) is 34.9. The average Bonchev–Trinajstić information content (AvgIpc) is 3.67. The Kier molecular flexibility index (Phi) is 17.0. The van der Waals surface area contributed by atoms with Crippen molar-refractivity contribution in [1.82, 2.24) is 31.1 Å². The highest BCUT2D eigenvalue weighted by Gasteiger charge is 2.47. The number of aliphatic hydroxyl groups is 1. The van der Waals surface area contributed by atoms with E-state index in [0.717, 1.165) is 19.3 Å². The van der Waals surface area contributed by atoms with Gasteiger partial charge >= 0.3 is 0 Å². The van der Waals surface area contributed by atoms with E-state index < -0.39 is 78.4 Å². The van der Waals surface area contributed by atoms with Crippen LogP contribution in [0.15, 0.2) is 54.6 Å². The highest BCUT2D eigenvalue weighted by atomic mass is 16.6. The average molecular weight is 833 g/mol. The molecule has 326 valence electrons. The van der Waals surface area contributed by atoms with Gasteiger partial charge in [-0.2, -0.15) is 0 Å². The Balaban J connectivity index is 1.34. The normalized spacial score (nSPS) is 22.6. The fourth-order valence-corrected chi connectivity index (χ4v) is 8.11. The van der Waals surface area contributed by atoms with Gasteiger partial charge < -0.3 is 45.6 Å². The maximum absolute atomic E-state index is 14.7. The molecule has 6 atom stereocenters. The van der Waals surface area contributed by atoms with E-state index in [1.807, 2.05) is 13.0 Å². The summed E-state index contributed by atoms with van der Waals surface area (Å²) in [5.41, 5.74) is 1.24. The third kappa shape index (κ3) is 12.6. The molecule has 16 nitrogen and oxygen atoms in total. The Morgan fingerprint density at radius 1 is 0.933 bits per heavy atom. The molecule has 5 rings (SSSR count). The highest BCUT2D eigenvalue weighted by Crippen LogP contribution is 2.31. The van der Waals surface area contributed by atoms with Gasteiger partial charge in [0.2, 0.25) is 35.3 Å². The summed E-state index contributed by atoms with van der Waals surface area (Å²) >= 11 is 0. The molecule has 3 aliphatic rings. The second kappa shape index (κ2) is 22.3. The summed E-state index contributed by atoms with van der Waals surface area (Å²) in [5.74, 6) is -4.39. The number of nitrogens with one attached hydrogen (secondary N) is 4. The van der Waals surface area contributed by atoms with E-state index in [-0.39, 0.29) is 50.7 Å². The van der Waals surface area contributed by atoms with Crippen LogP contribution < -0.4 is 26.0 Å². The Morgan fingerprint density at radius 2 is 1.68 bits per heavy atom. The lowest BCUT2D eigenvalue weighted by atomic mass is 9.83. The van der Waals surface area contributed by atoms with Gasteiger partial charge in [-0.15, -0.1) is 0 Å². The molecule has 0 aromatic heterocycles. The molecule has 2 heterocycles. The Hall–Kier alpha value is -5.35. The van der Waals surface area contributed by atoms with Gasteiger partial charge in [0, 0.05) is 27.1 Å². The molecule has 1 saturated heterocycles. The predicted molar refractivity (Wildman–Crippen MR) is 220 cm³/mol. The summed E-state index contributed by atoms with van der Waals surface area (Å²) in [6.45, 7) is 1.61. The number of nitrogens with zero attached hydrogens (tertiary/aromatic N) is 2. The largest absolute Gasteiger partial charge is 0.494 e. The summed E-state index contributed by atoms with van der Waals surface area (Å²) in [4.78, 5) is 98.3. The van der Waals surface area contributed by atoms with Crippen LogP contribution in [0.3, 0.4) is 0 Å². The molecule has 16 heteroatoms. The van der Waals surface area contributed by atoms with Crippen LogP contribution >= 0.6 is 0 Å². The van der Waals surface area contributed by atoms with E-state index in [9.17, 15) is 38.7 Å². The van der Waals surface area contributed by atoms with Gasteiger partial charge in [-0.25, -0.2) is 0 Å². The van der Waals surface area contributed by atoms with Gasteiger partial charge in [0.15, 0.2) is 6.29 Å². The molecule has 2 fully saturated rings. The van der Waals surface area contributed by atoms with Crippen molar-refractivity contribution in [3.05, 3.63) is 65.7 Å². The van der Waals surface area contributed by atoms with Gasteiger partial charge in [-0.1, -0.05) is 81.5 Å². The van der Waals surface area contributed by atoms with Crippen LogP contribution in [0.2, 0.25) is 0 Å². The maximum Gasteiger partial charge on any atom is 0.290 e. The van der Waals surface area contributed by atoms with Crippen molar-refractivity contribution >= 4 is 41.2 Å². The van der Waals surface area contributed by atoms with Crippen molar-refractivity contribution in [1.29, 1.82) is 0 Å². The van der Waals surface area contributed by atoms with E-state index in [4.69, 9.17) is 9.47 Å². The van der Waals surface area contributed by atoms with Crippen LogP contribution in [-0.2, 0) is 44.7 Å². The van der Waals surface area contributed by atoms with Gasteiger partial charge in [-0.3, -0.25) is 33.6 Å². The maximum atomic E-state index is 14.7. The summed E-state index contributed by atoms with van der Waals surface area (Å²) in [5, 5.41) is 21.6. The lowest BCUT2D eigenvalue weighted by Crippen LogP contribution is -2.60. The number of hydrogen-bond acceptors (Lipinski definition) is 10. The summed E-state index contributed by atoms with van der Waals surface area (Å²) in [6.07, 6.45) is 3.89. The number of ketones is 1. The number of likely N-dealkylation sites (N-methyl/N-ethyl adjacent to an activating group) is 1. The van der Waals surface area contributed by atoms with Crippen LogP contribution in [0.1, 0.15) is 94.7 Å². The molecule has 2 aromatic rings. The minimum atomic E-state index is -1.32. The molecule has 0 radical (unpaired) electrons. The molecule has 60 heavy (non-hydrogen) atoms. The van der Waals surface area contributed by atoms with E-state index in [2.05, 4.69) is 21.3 Å². The SMILES string of the molecule is CCCCC(NC(=O)[C@@H]1[C@@H]2CCN1C(=O)[C@H](C1CCCCC1)NC(=O)Cc1cccc(c1)OCCCC(O)O2)C(=O)C(=O)NCC(=O)N[C@H](C(=O)N(C)C)c1ccccc1. The van der Waals surface area contributed by atoms with E-state index in [0.29, 0.717) is 49.0 Å². The summed E-state index contributed by atoms with van der Waals surface area (Å²) in [6, 6.07) is 11.2.